The normalized spacial score (nSPS) is 20.0. The second kappa shape index (κ2) is 15.2. The summed E-state index contributed by atoms with van der Waals surface area (Å²) in [5.41, 5.74) is 5.36. The van der Waals surface area contributed by atoms with Crippen LogP contribution in [0.5, 0.6) is 0 Å². The molecule has 3 N–H and O–H groups in total. The van der Waals surface area contributed by atoms with Crippen LogP contribution in [-0.4, -0.2) is 59.8 Å². The zero-order valence-electron chi connectivity index (χ0n) is 26.0. The molecule has 2 aliphatic heterocycles. The van der Waals surface area contributed by atoms with Gasteiger partial charge in [0.1, 0.15) is 0 Å². The Bertz CT molecular complexity index is 1630. The van der Waals surface area contributed by atoms with Crippen molar-refractivity contribution in [1.29, 1.82) is 0 Å². The lowest BCUT2D eigenvalue weighted by Gasteiger charge is -2.41. The first-order chi connectivity index (χ1) is 22.9. The molecule has 2 fully saturated rings. The van der Waals surface area contributed by atoms with Crippen LogP contribution < -0.4 is 15.5 Å². The Morgan fingerprint density at radius 2 is 1.60 bits per heavy atom. The van der Waals surface area contributed by atoms with Crippen LogP contribution >= 0.6 is 0 Å². The molecule has 244 valence electrons. The Balaban J connectivity index is 1.11. The molecule has 0 aromatic heterocycles. The van der Waals surface area contributed by atoms with Crippen molar-refractivity contribution in [3.05, 3.63) is 135 Å². The topological polar surface area (TPSA) is 129 Å². The number of nitro benzene ring substituents is 1. The SMILES string of the molecule is O=C(NCc1ccccc1)Nc1cccc(C2OC(CN3CCN(c4ccc([N+](=O)[O-])cc4)CC3)CC(c3ccc(CO)cc3)O2)c1. The van der Waals surface area contributed by atoms with E-state index in [1.807, 2.05) is 91.0 Å². The van der Waals surface area contributed by atoms with Crippen LogP contribution in [0.25, 0.3) is 0 Å². The number of hydrogen-bond acceptors (Lipinski definition) is 8. The lowest BCUT2D eigenvalue weighted by molar-refractivity contribution is -0.384. The average Bonchev–Trinajstić information content (AvgIpc) is 3.11. The van der Waals surface area contributed by atoms with E-state index in [2.05, 4.69) is 20.4 Å². The highest BCUT2D eigenvalue weighted by Crippen LogP contribution is 2.39. The number of nitrogens with one attached hydrogen (secondary N) is 2. The van der Waals surface area contributed by atoms with E-state index in [-0.39, 0.29) is 35.5 Å². The molecule has 0 radical (unpaired) electrons. The Morgan fingerprint density at radius 3 is 2.30 bits per heavy atom. The molecule has 47 heavy (non-hydrogen) atoms. The average molecular weight is 638 g/mol. The van der Waals surface area contributed by atoms with E-state index in [9.17, 15) is 20.0 Å². The quantitative estimate of drug-likeness (QED) is 0.148. The van der Waals surface area contributed by atoms with Gasteiger partial charge in [-0.15, -0.1) is 0 Å². The molecule has 3 atom stereocenters. The van der Waals surface area contributed by atoms with Gasteiger partial charge in [-0.3, -0.25) is 15.0 Å². The third-order valence-electron chi connectivity index (χ3n) is 8.59. The molecular formula is C36H39N5O6. The fourth-order valence-electron chi connectivity index (χ4n) is 6.01. The second-order valence-corrected chi connectivity index (χ2v) is 11.8. The first-order valence-electron chi connectivity index (χ1n) is 15.8. The number of aliphatic hydroxyl groups is 1. The third kappa shape index (κ3) is 8.52. The number of amides is 2. The molecule has 4 aromatic carbocycles. The molecule has 2 amide bonds. The van der Waals surface area contributed by atoms with E-state index >= 15 is 0 Å². The molecule has 11 heteroatoms. The molecule has 3 unspecified atom stereocenters. The van der Waals surface area contributed by atoms with Crippen LogP contribution in [0.15, 0.2) is 103 Å². The summed E-state index contributed by atoms with van der Waals surface area (Å²) in [6, 6.07) is 31.5. The van der Waals surface area contributed by atoms with Gasteiger partial charge in [0.05, 0.1) is 23.7 Å². The number of carbonyl (C=O) groups excluding carboxylic acids is 1. The lowest BCUT2D eigenvalue weighted by atomic mass is 9.99. The predicted octanol–water partition coefficient (Wildman–Crippen LogP) is 5.78. The molecule has 2 aliphatic rings. The molecule has 2 heterocycles. The van der Waals surface area contributed by atoms with Gasteiger partial charge >= 0.3 is 6.03 Å². The Kier molecular flexibility index (Phi) is 10.4. The predicted molar refractivity (Wildman–Crippen MR) is 179 cm³/mol. The van der Waals surface area contributed by atoms with Gasteiger partial charge in [0.15, 0.2) is 6.29 Å². The smallest absolute Gasteiger partial charge is 0.319 e. The van der Waals surface area contributed by atoms with Gasteiger partial charge < -0.3 is 30.1 Å². The number of anilines is 2. The molecule has 11 nitrogen and oxygen atoms in total. The molecule has 0 bridgehead atoms. The van der Waals surface area contributed by atoms with Crippen molar-refractivity contribution < 1.29 is 24.3 Å². The van der Waals surface area contributed by atoms with Gasteiger partial charge in [0.2, 0.25) is 0 Å². The fourth-order valence-corrected chi connectivity index (χ4v) is 6.01. The Morgan fingerprint density at radius 1 is 0.851 bits per heavy atom. The van der Waals surface area contributed by atoms with Crippen molar-refractivity contribution in [2.45, 2.75) is 38.1 Å². The summed E-state index contributed by atoms with van der Waals surface area (Å²) in [4.78, 5) is 27.9. The van der Waals surface area contributed by atoms with Gasteiger partial charge in [-0.05, 0) is 41.0 Å². The van der Waals surface area contributed by atoms with E-state index in [4.69, 9.17) is 9.47 Å². The van der Waals surface area contributed by atoms with Gasteiger partial charge in [-0.1, -0.05) is 66.7 Å². The number of ether oxygens (including phenoxy) is 2. The van der Waals surface area contributed by atoms with Crippen molar-refractivity contribution in [3.63, 3.8) is 0 Å². The second-order valence-electron chi connectivity index (χ2n) is 11.8. The Hall–Kier alpha value is -4.81. The number of aliphatic hydroxyl groups excluding tert-OH is 1. The van der Waals surface area contributed by atoms with Crippen LogP contribution in [0, 0.1) is 10.1 Å². The van der Waals surface area contributed by atoms with E-state index in [1.54, 1.807) is 12.1 Å². The van der Waals surface area contributed by atoms with Gasteiger partial charge in [0.25, 0.3) is 5.69 Å². The molecule has 0 aliphatic carbocycles. The summed E-state index contributed by atoms with van der Waals surface area (Å²) in [6.45, 7) is 4.38. The number of piperazine rings is 1. The van der Waals surface area contributed by atoms with E-state index in [1.165, 1.54) is 0 Å². The van der Waals surface area contributed by atoms with Crippen LogP contribution in [0.4, 0.5) is 21.9 Å². The van der Waals surface area contributed by atoms with Crippen LogP contribution in [0.1, 0.15) is 41.1 Å². The van der Waals surface area contributed by atoms with Crippen molar-refractivity contribution in [3.8, 4) is 0 Å². The van der Waals surface area contributed by atoms with E-state index in [0.29, 0.717) is 18.7 Å². The first kappa shape index (κ1) is 32.1. The summed E-state index contributed by atoms with van der Waals surface area (Å²) in [5.74, 6) is 0. The van der Waals surface area contributed by atoms with E-state index < -0.39 is 6.29 Å². The van der Waals surface area contributed by atoms with Crippen molar-refractivity contribution in [1.82, 2.24) is 10.2 Å². The minimum Gasteiger partial charge on any atom is -0.392 e. The number of benzene rings is 4. The fraction of sp³-hybridized carbons (Fsp3) is 0.306. The highest BCUT2D eigenvalue weighted by molar-refractivity contribution is 5.89. The standard InChI is InChI=1S/C36H39N5O6/c42-25-27-9-11-28(12-10-27)34-22-33(24-39-17-19-40(20-18-39)31-13-15-32(16-14-31)41(44)45)46-35(47-34)29-7-4-8-30(21-29)38-36(43)37-23-26-5-2-1-3-6-26/h1-16,21,33-35,42H,17-20,22-25H2,(H2,37,38,43). The molecule has 4 aromatic rings. The van der Waals surface area contributed by atoms with Crippen LogP contribution in [0.3, 0.4) is 0 Å². The monoisotopic (exact) mass is 637 g/mol. The minimum atomic E-state index is -0.646. The van der Waals surface area contributed by atoms with Gasteiger partial charge in [-0.25, -0.2) is 4.79 Å². The van der Waals surface area contributed by atoms with Crippen molar-refractivity contribution in [2.24, 2.45) is 0 Å². The van der Waals surface area contributed by atoms with Crippen LogP contribution in [-0.2, 0) is 22.6 Å². The number of hydrogen-bond donors (Lipinski definition) is 3. The number of nitro groups is 1. The van der Waals surface area contributed by atoms with Gasteiger partial charge in [-0.2, -0.15) is 0 Å². The summed E-state index contributed by atoms with van der Waals surface area (Å²) in [5, 5.41) is 26.4. The Labute approximate surface area is 273 Å². The molecular weight excluding hydrogens is 598 g/mol. The molecule has 0 spiro atoms. The molecule has 2 saturated heterocycles. The highest BCUT2D eigenvalue weighted by Gasteiger charge is 2.34. The number of urea groups is 1. The summed E-state index contributed by atoms with van der Waals surface area (Å²) < 4.78 is 13.1. The van der Waals surface area contributed by atoms with Gasteiger partial charge in [0, 0.05) is 74.8 Å². The zero-order valence-corrected chi connectivity index (χ0v) is 26.0. The summed E-state index contributed by atoms with van der Waals surface area (Å²) >= 11 is 0. The summed E-state index contributed by atoms with van der Waals surface area (Å²) in [6.07, 6.45) is -0.323. The maximum Gasteiger partial charge on any atom is 0.319 e. The van der Waals surface area contributed by atoms with E-state index in [0.717, 1.165) is 60.7 Å². The van der Waals surface area contributed by atoms with Crippen molar-refractivity contribution in [2.75, 3.05) is 42.9 Å². The third-order valence-corrected chi connectivity index (χ3v) is 8.59. The maximum atomic E-state index is 12.7. The summed E-state index contributed by atoms with van der Waals surface area (Å²) in [7, 11) is 0. The largest absolute Gasteiger partial charge is 0.392 e. The number of non-ortho nitro benzene ring substituents is 1. The maximum absolute atomic E-state index is 12.7. The zero-order chi connectivity index (χ0) is 32.6. The highest BCUT2D eigenvalue weighted by atomic mass is 16.7. The minimum absolute atomic E-state index is 0.0231. The van der Waals surface area contributed by atoms with Crippen LogP contribution in [0.2, 0.25) is 0 Å². The number of rotatable bonds is 10. The number of carbonyl (C=O) groups is 1. The lowest BCUT2D eigenvalue weighted by Crippen LogP contribution is -2.49. The molecule has 0 saturated carbocycles. The van der Waals surface area contributed by atoms with Crippen molar-refractivity contribution >= 4 is 23.1 Å². The first-order valence-corrected chi connectivity index (χ1v) is 15.8. The molecule has 6 rings (SSSR count). The number of nitrogens with zero attached hydrogens (tertiary/aromatic N) is 3.